The number of urea groups is 1. The highest BCUT2D eigenvalue weighted by molar-refractivity contribution is 5.74. The van der Waals surface area contributed by atoms with Crippen LogP contribution in [0.2, 0.25) is 0 Å². The second-order valence-electron chi connectivity index (χ2n) is 7.58. The quantitative estimate of drug-likeness (QED) is 0.800. The van der Waals surface area contributed by atoms with Crippen LogP contribution in [0.15, 0.2) is 6.20 Å². The standard InChI is InChI=1S/C17H30N4O2/c1-11(13-10-21(17(3,4)5)20-12(13)2)18-16(23)19-14-8-6-7-9-15(14)22/h10-11,14-15,22H,6-9H2,1-5H3,(H2,18,19,23). The van der Waals surface area contributed by atoms with Crippen LogP contribution in [0.3, 0.4) is 0 Å². The number of carbonyl (C=O) groups excluding carboxylic acids is 1. The summed E-state index contributed by atoms with van der Waals surface area (Å²) < 4.78 is 1.93. The molecule has 2 amide bonds. The molecule has 3 atom stereocenters. The summed E-state index contributed by atoms with van der Waals surface area (Å²) in [5.41, 5.74) is 1.85. The molecule has 3 unspecified atom stereocenters. The van der Waals surface area contributed by atoms with E-state index in [9.17, 15) is 9.90 Å². The van der Waals surface area contributed by atoms with Crippen molar-refractivity contribution in [2.24, 2.45) is 0 Å². The van der Waals surface area contributed by atoms with Crippen LogP contribution in [-0.2, 0) is 5.54 Å². The molecule has 0 aromatic carbocycles. The molecule has 6 heteroatoms. The van der Waals surface area contributed by atoms with E-state index in [2.05, 4.69) is 36.5 Å². The first kappa shape index (κ1) is 17.8. The molecule has 23 heavy (non-hydrogen) atoms. The van der Waals surface area contributed by atoms with Gasteiger partial charge in [0, 0.05) is 11.8 Å². The zero-order chi connectivity index (χ0) is 17.2. The molecule has 0 saturated heterocycles. The first-order valence-corrected chi connectivity index (χ1v) is 8.50. The van der Waals surface area contributed by atoms with Crippen molar-refractivity contribution in [3.8, 4) is 0 Å². The molecule has 0 radical (unpaired) electrons. The van der Waals surface area contributed by atoms with Gasteiger partial charge in [-0.15, -0.1) is 0 Å². The van der Waals surface area contributed by atoms with Crippen molar-refractivity contribution in [3.63, 3.8) is 0 Å². The highest BCUT2D eigenvalue weighted by Gasteiger charge is 2.25. The maximum Gasteiger partial charge on any atom is 0.315 e. The Balaban J connectivity index is 1.97. The number of aliphatic hydroxyl groups is 1. The Morgan fingerprint density at radius 3 is 2.61 bits per heavy atom. The lowest BCUT2D eigenvalue weighted by atomic mass is 9.93. The van der Waals surface area contributed by atoms with Crippen LogP contribution in [0.1, 0.15) is 70.7 Å². The highest BCUT2D eigenvalue weighted by Crippen LogP contribution is 2.21. The zero-order valence-corrected chi connectivity index (χ0v) is 14.9. The van der Waals surface area contributed by atoms with Crippen molar-refractivity contribution in [2.75, 3.05) is 0 Å². The molecule has 0 bridgehead atoms. The van der Waals surface area contributed by atoms with Crippen molar-refractivity contribution in [3.05, 3.63) is 17.5 Å². The van der Waals surface area contributed by atoms with Crippen LogP contribution in [-0.4, -0.2) is 33.1 Å². The van der Waals surface area contributed by atoms with Crippen LogP contribution in [0.5, 0.6) is 0 Å². The van der Waals surface area contributed by atoms with E-state index >= 15 is 0 Å². The fourth-order valence-electron chi connectivity index (χ4n) is 3.01. The molecular formula is C17H30N4O2. The van der Waals surface area contributed by atoms with E-state index in [0.717, 1.165) is 36.9 Å². The van der Waals surface area contributed by atoms with E-state index in [0.29, 0.717) is 0 Å². The lowest BCUT2D eigenvalue weighted by molar-refractivity contribution is 0.0941. The SMILES string of the molecule is Cc1nn(C(C)(C)C)cc1C(C)NC(=O)NC1CCCCC1O. The summed E-state index contributed by atoms with van der Waals surface area (Å²) in [6.07, 6.45) is 5.24. The van der Waals surface area contributed by atoms with Gasteiger partial charge in [-0.3, -0.25) is 4.68 Å². The minimum atomic E-state index is -0.435. The molecule has 1 aromatic heterocycles. The average Bonchev–Trinajstić information content (AvgIpc) is 2.83. The Kier molecular flexibility index (Phi) is 5.34. The number of carbonyl (C=O) groups is 1. The highest BCUT2D eigenvalue weighted by atomic mass is 16.3. The monoisotopic (exact) mass is 322 g/mol. The fraction of sp³-hybridized carbons (Fsp3) is 0.765. The van der Waals surface area contributed by atoms with E-state index in [4.69, 9.17) is 0 Å². The van der Waals surface area contributed by atoms with Crippen LogP contribution < -0.4 is 10.6 Å². The van der Waals surface area contributed by atoms with Crippen LogP contribution in [0, 0.1) is 6.92 Å². The molecule has 2 rings (SSSR count). The van der Waals surface area contributed by atoms with Gasteiger partial charge in [-0.25, -0.2) is 4.79 Å². The summed E-state index contributed by atoms with van der Waals surface area (Å²) in [6, 6.07) is -0.507. The third kappa shape index (κ3) is 4.47. The number of aliphatic hydroxyl groups excluding tert-OH is 1. The summed E-state index contributed by atoms with van der Waals surface area (Å²) in [7, 11) is 0. The summed E-state index contributed by atoms with van der Waals surface area (Å²) in [5, 5.41) is 20.3. The summed E-state index contributed by atoms with van der Waals surface area (Å²) in [5.74, 6) is 0. The second kappa shape index (κ2) is 6.91. The summed E-state index contributed by atoms with van der Waals surface area (Å²) in [4.78, 5) is 12.2. The molecule has 1 saturated carbocycles. The average molecular weight is 322 g/mol. The van der Waals surface area contributed by atoms with Crippen molar-refractivity contribution in [2.45, 2.75) is 84.0 Å². The fourth-order valence-corrected chi connectivity index (χ4v) is 3.01. The number of rotatable bonds is 3. The maximum atomic E-state index is 12.2. The first-order chi connectivity index (χ1) is 10.7. The molecule has 130 valence electrons. The molecule has 0 spiro atoms. The Labute approximate surface area is 138 Å². The molecule has 0 aliphatic heterocycles. The predicted molar refractivity (Wildman–Crippen MR) is 90.3 cm³/mol. The lowest BCUT2D eigenvalue weighted by Crippen LogP contribution is -2.49. The van der Waals surface area contributed by atoms with Crippen LogP contribution in [0.4, 0.5) is 4.79 Å². The Morgan fingerprint density at radius 2 is 2.04 bits per heavy atom. The van der Waals surface area contributed by atoms with Gasteiger partial charge in [-0.1, -0.05) is 12.8 Å². The molecule has 1 aliphatic rings. The van der Waals surface area contributed by atoms with Gasteiger partial charge in [0.2, 0.25) is 0 Å². The number of aromatic nitrogens is 2. The van der Waals surface area contributed by atoms with Gasteiger partial charge in [0.1, 0.15) is 0 Å². The number of amides is 2. The normalized spacial score (nSPS) is 23.4. The van der Waals surface area contributed by atoms with E-state index < -0.39 is 6.10 Å². The van der Waals surface area contributed by atoms with Gasteiger partial charge >= 0.3 is 6.03 Å². The van der Waals surface area contributed by atoms with Crippen molar-refractivity contribution in [1.82, 2.24) is 20.4 Å². The predicted octanol–water partition coefficient (Wildman–Crippen LogP) is 2.61. The number of hydrogen-bond acceptors (Lipinski definition) is 3. The molecule has 1 fully saturated rings. The largest absolute Gasteiger partial charge is 0.391 e. The van der Waals surface area contributed by atoms with Gasteiger partial charge in [-0.2, -0.15) is 5.10 Å². The van der Waals surface area contributed by atoms with Gasteiger partial charge in [0.25, 0.3) is 0 Å². The van der Waals surface area contributed by atoms with Crippen molar-refractivity contribution < 1.29 is 9.90 Å². The third-order valence-electron chi connectivity index (χ3n) is 4.48. The van der Waals surface area contributed by atoms with E-state index in [1.807, 2.05) is 24.7 Å². The summed E-state index contributed by atoms with van der Waals surface area (Å²) >= 11 is 0. The number of nitrogens with one attached hydrogen (secondary N) is 2. The maximum absolute atomic E-state index is 12.2. The number of hydrogen-bond donors (Lipinski definition) is 3. The molecule has 1 heterocycles. The van der Waals surface area contributed by atoms with Gasteiger partial charge in [0.05, 0.1) is 29.4 Å². The van der Waals surface area contributed by atoms with Crippen LogP contribution >= 0.6 is 0 Å². The van der Waals surface area contributed by atoms with Crippen molar-refractivity contribution >= 4 is 6.03 Å². The van der Waals surface area contributed by atoms with Crippen LogP contribution in [0.25, 0.3) is 0 Å². The summed E-state index contributed by atoms with van der Waals surface area (Å²) in [6.45, 7) is 10.2. The Bertz CT molecular complexity index is 547. The van der Waals surface area contributed by atoms with Gasteiger partial charge in [0.15, 0.2) is 0 Å². The Morgan fingerprint density at radius 1 is 1.39 bits per heavy atom. The first-order valence-electron chi connectivity index (χ1n) is 8.50. The van der Waals surface area contributed by atoms with Gasteiger partial charge in [-0.05, 0) is 47.5 Å². The molecule has 1 aliphatic carbocycles. The van der Waals surface area contributed by atoms with E-state index in [1.165, 1.54) is 0 Å². The second-order valence-corrected chi connectivity index (χ2v) is 7.58. The smallest absolute Gasteiger partial charge is 0.315 e. The molecule has 1 aromatic rings. The minimum absolute atomic E-state index is 0.0861. The molecular weight excluding hydrogens is 292 g/mol. The molecule has 6 nitrogen and oxygen atoms in total. The van der Waals surface area contributed by atoms with E-state index in [1.54, 1.807) is 0 Å². The topological polar surface area (TPSA) is 79.2 Å². The lowest BCUT2D eigenvalue weighted by Gasteiger charge is -2.29. The van der Waals surface area contributed by atoms with Gasteiger partial charge < -0.3 is 15.7 Å². The Hall–Kier alpha value is -1.56. The zero-order valence-electron chi connectivity index (χ0n) is 14.9. The minimum Gasteiger partial charge on any atom is -0.391 e. The number of aryl methyl sites for hydroxylation is 1. The molecule has 3 N–H and O–H groups in total. The number of nitrogens with zero attached hydrogens (tertiary/aromatic N) is 2. The van der Waals surface area contributed by atoms with E-state index in [-0.39, 0.29) is 23.7 Å². The van der Waals surface area contributed by atoms with Crippen molar-refractivity contribution in [1.29, 1.82) is 0 Å². The third-order valence-corrected chi connectivity index (χ3v) is 4.48.